The quantitative estimate of drug-likeness (QED) is 0.806. The van der Waals surface area contributed by atoms with Crippen LogP contribution < -0.4 is 5.32 Å². The Kier molecular flexibility index (Phi) is 4.89. The third-order valence-corrected chi connectivity index (χ3v) is 4.01. The first-order chi connectivity index (χ1) is 7.52. The van der Waals surface area contributed by atoms with E-state index in [0.29, 0.717) is 0 Å². The van der Waals surface area contributed by atoms with Gasteiger partial charge in [-0.3, -0.25) is 0 Å². The minimum Gasteiger partial charge on any atom is -0.394 e. The number of aromatic nitrogens is 1. The van der Waals surface area contributed by atoms with Crippen LogP contribution in [0.4, 0.5) is 0 Å². The summed E-state index contributed by atoms with van der Waals surface area (Å²) in [6.45, 7) is 8.54. The van der Waals surface area contributed by atoms with E-state index in [-0.39, 0.29) is 18.2 Å². The van der Waals surface area contributed by atoms with Crippen LogP contribution in [0.5, 0.6) is 0 Å². The Bertz CT molecular complexity index is 327. The zero-order valence-electron chi connectivity index (χ0n) is 10.6. The average molecular weight is 242 g/mol. The predicted octanol–water partition coefficient (Wildman–Crippen LogP) is 2.65. The highest BCUT2D eigenvalue weighted by Gasteiger charge is 2.25. The maximum absolute atomic E-state index is 9.46. The van der Waals surface area contributed by atoms with Crippen molar-refractivity contribution >= 4 is 11.3 Å². The second-order valence-corrected chi connectivity index (χ2v) is 5.52. The summed E-state index contributed by atoms with van der Waals surface area (Å²) < 4.78 is 0. The lowest BCUT2D eigenvalue weighted by Crippen LogP contribution is -2.46. The molecule has 16 heavy (non-hydrogen) atoms. The van der Waals surface area contributed by atoms with Crippen LogP contribution in [0.1, 0.15) is 50.2 Å². The largest absolute Gasteiger partial charge is 0.394 e. The Labute approximate surface area is 102 Å². The van der Waals surface area contributed by atoms with Crippen LogP contribution in [0.3, 0.4) is 0 Å². The number of hydrogen-bond acceptors (Lipinski definition) is 4. The normalized spacial score (nSPS) is 17.1. The van der Waals surface area contributed by atoms with Gasteiger partial charge in [-0.1, -0.05) is 13.3 Å². The van der Waals surface area contributed by atoms with Crippen LogP contribution >= 0.6 is 11.3 Å². The molecule has 0 saturated carbocycles. The van der Waals surface area contributed by atoms with Gasteiger partial charge in [-0.15, -0.1) is 11.3 Å². The SMILES string of the molecule is CCCC(C)(CO)NC(C)c1scnc1C. The van der Waals surface area contributed by atoms with Crippen LogP contribution in [0, 0.1) is 6.92 Å². The smallest absolute Gasteiger partial charge is 0.0798 e. The van der Waals surface area contributed by atoms with Crippen molar-refractivity contribution in [2.45, 2.75) is 52.1 Å². The predicted molar refractivity (Wildman–Crippen MR) is 68.8 cm³/mol. The lowest BCUT2D eigenvalue weighted by molar-refractivity contribution is 0.154. The second-order valence-electron chi connectivity index (χ2n) is 4.64. The van der Waals surface area contributed by atoms with Crippen molar-refractivity contribution < 1.29 is 5.11 Å². The molecule has 1 heterocycles. The van der Waals surface area contributed by atoms with Crippen LogP contribution in [-0.2, 0) is 0 Å². The zero-order valence-corrected chi connectivity index (χ0v) is 11.4. The van der Waals surface area contributed by atoms with E-state index in [1.807, 2.05) is 12.4 Å². The fraction of sp³-hybridized carbons (Fsp3) is 0.750. The minimum atomic E-state index is -0.190. The summed E-state index contributed by atoms with van der Waals surface area (Å²) in [6.07, 6.45) is 2.05. The molecule has 2 N–H and O–H groups in total. The van der Waals surface area contributed by atoms with Gasteiger partial charge in [0.05, 0.1) is 17.8 Å². The Morgan fingerprint density at radius 3 is 2.75 bits per heavy atom. The van der Waals surface area contributed by atoms with Crippen molar-refractivity contribution in [3.8, 4) is 0 Å². The number of rotatable bonds is 6. The lowest BCUT2D eigenvalue weighted by Gasteiger charge is -2.32. The molecule has 2 unspecified atom stereocenters. The standard InChI is InChI=1S/C12H22N2OS/c1-5-6-12(4,7-15)14-10(3)11-9(2)13-8-16-11/h8,10,14-15H,5-7H2,1-4H3. The van der Waals surface area contributed by atoms with Gasteiger partial charge >= 0.3 is 0 Å². The molecule has 0 aliphatic rings. The van der Waals surface area contributed by atoms with Crippen LogP contribution in [-0.4, -0.2) is 22.2 Å². The van der Waals surface area contributed by atoms with E-state index in [0.717, 1.165) is 18.5 Å². The molecular weight excluding hydrogens is 220 g/mol. The third kappa shape index (κ3) is 3.27. The molecular formula is C12H22N2OS. The van der Waals surface area contributed by atoms with E-state index in [2.05, 4.69) is 31.1 Å². The Morgan fingerprint density at radius 2 is 2.31 bits per heavy atom. The maximum Gasteiger partial charge on any atom is 0.0798 e. The highest BCUT2D eigenvalue weighted by molar-refractivity contribution is 7.09. The van der Waals surface area contributed by atoms with Crippen LogP contribution in [0.25, 0.3) is 0 Å². The number of aryl methyl sites for hydroxylation is 1. The molecule has 1 rings (SSSR count). The summed E-state index contributed by atoms with van der Waals surface area (Å²) in [6, 6.07) is 0.246. The van der Waals surface area contributed by atoms with Gasteiger partial charge in [0.15, 0.2) is 0 Å². The van der Waals surface area contributed by atoms with Crippen molar-refractivity contribution in [1.82, 2.24) is 10.3 Å². The van der Waals surface area contributed by atoms with Crippen molar-refractivity contribution in [2.75, 3.05) is 6.61 Å². The van der Waals surface area contributed by atoms with Gasteiger partial charge < -0.3 is 10.4 Å². The van der Waals surface area contributed by atoms with Crippen LogP contribution in [0.15, 0.2) is 5.51 Å². The number of hydrogen-bond donors (Lipinski definition) is 2. The van der Waals surface area contributed by atoms with Crippen molar-refractivity contribution in [2.24, 2.45) is 0 Å². The maximum atomic E-state index is 9.46. The van der Waals surface area contributed by atoms with Crippen LogP contribution in [0.2, 0.25) is 0 Å². The summed E-state index contributed by atoms with van der Waals surface area (Å²) in [5, 5.41) is 13.0. The van der Waals surface area contributed by atoms with E-state index in [1.165, 1.54) is 4.88 Å². The molecule has 92 valence electrons. The van der Waals surface area contributed by atoms with E-state index >= 15 is 0 Å². The molecule has 0 amide bonds. The van der Waals surface area contributed by atoms with Gasteiger partial charge in [0.2, 0.25) is 0 Å². The first-order valence-corrected chi connectivity index (χ1v) is 6.69. The lowest BCUT2D eigenvalue weighted by atomic mass is 9.96. The molecule has 0 aliphatic heterocycles. The molecule has 0 bridgehead atoms. The van der Waals surface area contributed by atoms with Crippen molar-refractivity contribution in [1.29, 1.82) is 0 Å². The van der Waals surface area contributed by atoms with Gasteiger partial charge in [-0.25, -0.2) is 4.98 Å². The molecule has 2 atom stereocenters. The molecule has 4 heteroatoms. The van der Waals surface area contributed by atoms with E-state index in [9.17, 15) is 5.11 Å². The Hall–Kier alpha value is -0.450. The minimum absolute atomic E-state index is 0.170. The fourth-order valence-corrected chi connectivity index (χ4v) is 2.87. The number of aliphatic hydroxyl groups excluding tert-OH is 1. The molecule has 1 aromatic rings. The number of nitrogens with one attached hydrogen (secondary N) is 1. The Morgan fingerprint density at radius 1 is 1.62 bits per heavy atom. The molecule has 3 nitrogen and oxygen atoms in total. The number of aliphatic hydroxyl groups is 1. The van der Waals surface area contributed by atoms with Gasteiger partial charge in [0.1, 0.15) is 0 Å². The molecule has 0 saturated heterocycles. The van der Waals surface area contributed by atoms with Gasteiger partial charge in [-0.05, 0) is 27.2 Å². The van der Waals surface area contributed by atoms with E-state index in [1.54, 1.807) is 11.3 Å². The van der Waals surface area contributed by atoms with Gasteiger partial charge in [0.25, 0.3) is 0 Å². The molecule has 0 aliphatic carbocycles. The first kappa shape index (κ1) is 13.6. The highest BCUT2D eigenvalue weighted by Crippen LogP contribution is 2.24. The topological polar surface area (TPSA) is 45.1 Å². The second kappa shape index (κ2) is 5.75. The monoisotopic (exact) mass is 242 g/mol. The van der Waals surface area contributed by atoms with Crippen molar-refractivity contribution in [3.05, 3.63) is 16.1 Å². The van der Waals surface area contributed by atoms with Gasteiger partial charge in [0, 0.05) is 16.5 Å². The molecule has 1 aromatic heterocycles. The molecule has 0 aromatic carbocycles. The summed E-state index contributed by atoms with van der Waals surface area (Å²) >= 11 is 1.67. The highest BCUT2D eigenvalue weighted by atomic mass is 32.1. The Balaban J connectivity index is 2.69. The average Bonchev–Trinajstić information content (AvgIpc) is 2.65. The van der Waals surface area contributed by atoms with E-state index in [4.69, 9.17) is 0 Å². The summed E-state index contributed by atoms with van der Waals surface area (Å²) in [7, 11) is 0. The molecule has 0 radical (unpaired) electrons. The number of nitrogens with zero attached hydrogens (tertiary/aromatic N) is 1. The van der Waals surface area contributed by atoms with E-state index < -0.39 is 0 Å². The summed E-state index contributed by atoms with van der Waals surface area (Å²) in [5.74, 6) is 0. The third-order valence-electron chi connectivity index (χ3n) is 2.89. The number of thiazole rings is 1. The fourth-order valence-electron chi connectivity index (χ4n) is 2.06. The van der Waals surface area contributed by atoms with Crippen molar-refractivity contribution in [3.63, 3.8) is 0 Å². The summed E-state index contributed by atoms with van der Waals surface area (Å²) in [4.78, 5) is 5.52. The molecule has 0 fully saturated rings. The van der Waals surface area contributed by atoms with Gasteiger partial charge in [-0.2, -0.15) is 0 Å². The zero-order chi connectivity index (χ0) is 12.2. The first-order valence-electron chi connectivity index (χ1n) is 5.81. The summed E-state index contributed by atoms with van der Waals surface area (Å²) in [5.41, 5.74) is 2.77. The molecule has 0 spiro atoms.